The van der Waals surface area contributed by atoms with Gasteiger partial charge in [0, 0.05) is 4.83 Å². The van der Waals surface area contributed by atoms with Crippen molar-refractivity contribution in [2.24, 2.45) is 0 Å². The van der Waals surface area contributed by atoms with Gasteiger partial charge in [-0.3, -0.25) is 0 Å². The van der Waals surface area contributed by atoms with Crippen molar-refractivity contribution in [1.82, 2.24) is 0 Å². The van der Waals surface area contributed by atoms with E-state index in [0.29, 0.717) is 4.83 Å². The highest BCUT2D eigenvalue weighted by atomic mass is 79.9. The summed E-state index contributed by atoms with van der Waals surface area (Å²) in [7, 11) is 0. The Hall–Kier alpha value is 0.200. The molecule has 5 saturated heterocycles. The second-order valence-electron chi connectivity index (χ2n) is 14.7. The number of aliphatic hydroxyl groups excluding tert-OH is 1. The van der Waals surface area contributed by atoms with Crippen LogP contribution in [0.15, 0.2) is 0 Å². The van der Waals surface area contributed by atoms with Crippen molar-refractivity contribution in [2.75, 3.05) is 6.61 Å². The SMILES string of the molecule is CC(C)(O)[C@H]1CC[C@](C)([C@@H]2CC[C@](CO)([C@H]3CC[C@H]4O[C@@H]([C@]5(C)CC[C@@H](Br)C(C)(C)O5)CC[C@]4(C)O3)O2)O1. The Morgan fingerprint density at radius 2 is 1.29 bits per heavy atom. The summed E-state index contributed by atoms with van der Waals surface area (Å²) in [4.78, 5) is 0.346. The van der Waals surface area contributed by atoms with Crippen molar-refractivity contribution in [1.29, 1.82) is 0 Å². The Kier molecular flexibility index (Phi) is 7.73. The van der Waals surface area contributed by atoms with E-state index in [-0.39, 0.29) is 48.3 Å². The van der Waals surface area contributed by atoms with Gasteiger partial charge in [0.2, 0.25) is 0 Å². The van der Waals surface area contributed by atoms with E-state index >= 15 is 0 Å². The van der Waals surface area contributed by atoms with Crippen LogP contribution < -0.4 is 0 Å². The minimum atomic E-state index is -0.884. The van der Waals surface area contributed by atoms with Crippen molar-refractivity contribution in [3.05, 3.63) is 0 Å². The fraction of sp³-hybridized carbons (Fsp3) is 1.00. The Morgan fingerprint density at radius 3 is 1.92 bits per heavy atom. The summed E-state index contributed by atoms with van der Waals surface area (Å²) in [5, 5.41) is 21.1. The first kappa shape index (κ1) is 29.7. The lowest BCUT2D eigenvalue weighted by Gasteiger charge is -2.56. The Morgan fingerprint density at radius 1 is 0.711 bits per heavy atom. The van der Waals surface area contributed by atoms with Crippen LogP contribution in [-0.2, 0) is 23.7 Å². The first-order valence-corrected chi connectivity index (χ1v) is 15.8. The maximum absolute atomic E-state index is 10.7. The van der Waals surface area contributed by atoms with Gasteiger partial charge in [-0.25, -0.2) is 0 Å². The summed E-state index contributed by atoms with van der Waals surface area (Å²) >= 11 is 3.80. The summed E-state index contributed by atoms with van der Waals surface area (Å²) < 4.78 is 33.4. The summed E-state index contributed by atoms with van der Waals surface area (Å²) in [5.41, 5.74) is -3.05. The molecule has 0 aromatic carbocycles. The molecule has 5 aliphatic heterocycles. The van der Waals surface area contributed by atoms with Gasteiger partial charge in [-0.15, -0.1) is 0 Å². The molecule has 2 N–H and O–H groups in total. The van der Waals surface area contributed by atoms with Crippen LogP contribution in [0.4, 0.5) is 0 Å². The van der Waals surface area contributed by atoms with E-state index in [4.69, 9.17) is 23.7 Å². The minimum absolute atomic E-state index is 0.00102. The number of hydrogen-bond acceptors (Lipinski definition) is 7. The lowest BCUT2D eigenvalue weighted by atomic mass is 9.75. The lowest BCUT2D eigenvalue weighted by molar-refractivity contribution is -0.309. The first-order valence-electron chi connectivity index (χ1n) is 14.9. The van der Waals surface area contributed by atoms with E-state index in [0.717, 1.165) is 64.2 Å². The molecule has 7 nitrogen and oxygen atoms in total. The molecule has 0 spiro atoms. The number of hydrogen-bond donors (Lipinski definition) is 2. The van der Waals surface area contributed by atoms with Crippen LogP contribution in [0.1, 0.15) is 113 Å². The van der Waals surface area contributed by atoms with Gasteiger partial charge in [0.1, 0.15) is 5.60 Å². The van der Waals surface area contributed by atoms with E-state index in [1.807, 2.05) is 0 Å². The number of rotatable bonds is 5. The van der Waals surface area contributed by atoms with Crippen molar-refractivity contribution in [3.63, 3.8) is 0 Å². The third-order valence-electron chi connectivity index (χ3n) is 10.7. The molecule has 0 bridgehead atoms. The van der Waals surface area contributed by atoms with Gasteiger partial charge >= 0.3 is 0 Å². The third kappa shape index (κ3) is 5.16. The molecule has 5 heterocycles. The van der Waals surface area contributed by atoms with Crippen LogP contribution in [0.2, 0.25) is 0 Å². The second kappa shape index (κ2) is 9.89. The average molecular weight is 604 g/mol. The molecule has 0 aliphatic carbocycles. The fourth-order valence-electron chi connectivity index (χ4n) is 7.96. The van der Waals surface area contributed by atoms with Crippen molar-refractivity contribution in [2.45, 2.75) is 182 Å². The number of ether oxygens (including phenoxy) is 5. The van der Waals surface area contributed by atoms with Gasteiger partial charge in [0.25, 0.3) is 0 Å². The third-order valence-corrected chi connectivity index (χ3v) is 12.2. The normalized spacial score (nSPS) is 51.6. The second-order valence-corrected chi connectivity index (χ2v) is 15.8. The first-order chi connectivity index (χ1) is 17.5. The number of aliphatic hydroxyl groups is 2. The van der Waals surface area contributed by atoms with Crippen molar-refractivity contribution in [3.8, 4) is 0 Å². The molecule has 0 radical (unpaired) electrons. The molecular weight excluding hydrogens is 552 g/mol. The maximum atomic E-state index is 10.7. The van der Waals surface area contributed by atoms with E-state index < -0.39 is 22.4 Å². The van der Waals surface area contributed by atoms with Crippen LogP contribution in [0.5, 0.6) is 0 Å². The van der Waals surface area contributed by atoms with Gasteiger partial charge in [-0.05, 0) is 113 Å². The van der Waals surface area contributed by atoms with Crippen LogP contribution in [0, 0.1) is 0 Å². The molecule has 220 valence electrons. The number of alkyl halides is 1. The Bertz CT molecular complexity index is 877. The summed E-state index contributed by atoms with van der Waals surface area (Å²) in [6, 6.07) is 0. The minimum Gasteiger partial charge on any atom is -0.393 e. The standard InChI is InChI=1S/C30H51BrO7/c1-25(2,33)20-11-15-28(6,35-20)23-13-17-30(18-32,37-23)24-9-8-21-27(5,36-24)16-12-22(34-21)29(7)14-10-19(31)26(3,4)38-29/h19-24,32-33H,8-18H2,1-7H3/t19-,20-,21-,22-,23+,24-,27+,28-,29+,30+/m1/s1. The molecule has 5 fully saturated rings. The van der Waals surface area contributed by atoms with Gasteiger partial charge in [0.15, 0.2) is 0 Å². The van der Waals surface area contributed by atoms with E-state index in [1.54, 1.807) is 13.8 Å². The zero-order chi connectivity index (χ0) is 27.8. The van der Waals surface area contributed by atoms with E-state index in [2.05, 4.69) is 50.5 Å². The molecule has 0 aromatic rings. The number of fused-ring (bicyclic) bond motifs is 1. The summed E-state index contributed by atoms with van der Waals surface area (Å²) in [5.74, 6) is 0. The average Bonchev–Trinajstić information content (AvgIpc) is 3.46. The van der Waals surface area contributed by atoms with Gasteiger partial charge < -0.3 is 33.9 Å². The molecule has 8 heteroatoms. The van der Waals surface area contributed by atoms with Crippen LogP contribution >= 0.6 is 15.9 Å². The Labute approximate surface area is 237 Å². The van der Waals surface area contributed by atoms with Gasteiger partial charge in [-0.2, -0.15) is 0 Å². The Balaban J connectivity index is 1.24. The fourth-order valence-corrected chi connectivity index (χ4v) is 8.29. The zero-order valence-corrected chi connectivity index (χ0v) is 26.1. The van der Waals surface area contributed by atoms with Gasteiger partial charge in [-0.1, -0.05) is 15.9 Å². The topological polar surface area (TPSA) is 86.6 Å². The molecule has 0 saturated carbocycles. The molecule has 0 unspecified atom stereocenters. The predicted molar refractivity (Wildman–Crippen MR) is 149 cm³/mol. The van der Waals surface area contributed by atoms with E-state index in [9.17, 15) is 10.2 Å². The van der Waals surface area contributed by atoms with Crippen molar-refractivity contribution >= 4 is 15.9 Å². The van der Waals surface area contributed by atoms with E-state index in [1.165, 1.54) is 0 Å². The highest BCUT2D eigenvalue weighted by Crippen LogP contribution is 2.52. The lowest BCUT2D eigenvalue weighted by Crippen LogP contribution is -2.64. The molecule has 38 heavy (non-hydrogen) atoms. The monoisotopic (exact) mass is 602 g/mol. The highest BCUT2D eigenvalue weighted by molar-refractivity contribution is 9.09. The highest BCUT2D eigenvalue weighted by Gasteiger charge is 2.60. The van der Waals surface area contributed by atoms with Gasteiger partial charge in [0.05, 0.1) is 65.1 Å². The summed E-state index contributed by atoms with van der Waals surface area (Å²) in [6.07, 6.45) is 8.20. The summed E-state index contributed by atoms with van der Waals surface area (Å²) in [6.45, 7) is 14.4. The molecular formula is C30H51BrO7. The van der Waals surface area contributed by atoms with Crippen LogP contribution in [0.25, 0.3) is 0 Å². The smallest absolute Gasteiger partial charge is 0.118 e. The zero-order valence-electron chi connectivity index (χ0n) is 24.6. The van der Waals surface area contributed by atoms with Crippen LogP contribution in [-0.4, -0.2) is 85.8 Å². The van der Waals surface area contributed by atoms with Crippen LogP contribution in [0.3, 0.4) is 0 Å². The molecule has 0 amide bonds. The maximum Gasteiger partial charge on any atom is 0.118 e. The molecule has 5 aliphatic rings. The predicted octanol–water partition coefficient (Wildman–Crippen LogP) is 5.20. The van der Waals surface area contributed by atoms with Crippen molar-refractivity contribution < 1.29 is 33.9 Å². The molecule has 5 rings (SSSR count). The largest absolute Gasteiger partial charge is 0.393 e. The quantitative estimate of drug-likeness (QED) is 0.418. The molecule has 0 aromatic heterocycles. The molecule has 10 atom stereocenters. The number of halogens is 1.